The van der Waals surface area contributed by atoms with E-state index in [2.05, 4.69) is 36.7 Å². The first-order chi connectivity index (χ1) is 7.79. The lowest BCUT2D eigenvalue weighted by atomic mass is 10.0. The Morgan fingerprint density at radius 3 is 3.19 bits per heavy atom. The van der Waals surface area contributed by atoms with E-state index in [1.807, 2.05) is 11.3 Å². The standard InChI is InChI=1S/C13H21NOS/c1-3-12-9-11(6-7-15-12)14-10(2)13-5-4-8-16-13/h4-5,8,10-12,14H,3,6-7,9H2,1-2H3/t10-,11?,12?/m0/s1. The minimum absolute atomic E-state index is 0.460. The van der Waals surface area contributed by atoms with E-state index in [0.717, 1.165) is 25.9 Å². The Morgan fingerprint density at radius 2 is 2.50 bits per heavy atom. The zero-order valence-electron chi connectivity index (χ0n) is 10.1. The summed E-state index contributed by atoms with van der Waals surface area (Å²) < 4.78 is 5.69. The Balaban J connectivity index is 1.84. The Kier molecular flexibility index (Phi) is 4.38. The van der Waals surface area contributed by atoms with Crippen molar-refractivity contribution in [3.8, 4) is 0 Å². The fraction of sp³-hybridized carbons (Fsp3) is 0.692. The largest absolute Gasteiger partial charge is 0.378 e. The summed E-state index contributed by atoms with van der Waals surface area (Å²) in [4.78, 5) is 1.43. The van der Waals surface area contributed by atoms with E-state index in [0.29, 0.717) is 18.2 Å². The van der Waals surface area contributed by atoms with Gasteiger partial charge < -0.3 is 10.1 Å². The zero-order chi connectivity index (χ0) is 11.4. The van der Waals surface area contributed by atoms with Crippen LogP contribution in [0, 0.1) is 0 Å². The van der Waals surface area contributed by atoms with Crippen LogP contribution in [0.25, 0.3) is 0 Å². The zero-order valence-corrected chi connectivity index (χ0v) is 10.9. The average molecular weight is 239 g/mol. The van der Waals surface area contributed by atoms with Crippen molar-refractivity contribution in [2.24, 2.45) is 0 Å². The van der Waals surface area contributed by atoms with Crippen LogP contribution in [0.2, 0.25) is 0 Å². The summed E-state index contributed by atoms with van der Waals surface area (Å²) in [5.74, 6) is 0. The summed E-state index contributed by atoms with van der Waals surface area (Å²) >= 11 is 1.83. The minimum atomic E-state index is 0.460. The molecule has 1 fully saturated rings. The van der Waals surface area contributed by atoms with Gasteiger partial charge in [-0.25, -0.2) is 0 Å². The maximum absolute atomic E-state index is 5.69. The predicted octanol–water partition coefficient (Wildman–Crippen LogP) is 3.36. The van der Waals surface area contributed by atoms with Crippen molar-refractivity contribution in [1.29, 1.82) is 0 Å². The summed E-state index contributed by atoms with van der Waals surface area (Å²) in [5, 5.41) is 5.86. The molecule has 2 rings (SSSR count). The molecule has 0 spiro atoms. The van der Waals surface area contributed by atoms with Crippen molar-refractivity contribution in [3.63, 3.8) is 0 Å². The van der Waals surface area contributed by atoms with Gasteiger partial charge >= 0.3 is 0 Å². The molecule has 0 radical (unpaired) electrons. The van der Waals surface area contributed by atoms with Gasteiger partial charge in [0.1, 0.15) is 0 Å². The topological polar surface area (TPSA) is 21.3 Å². The average Bonchev–Trinajstić information content (AvgIpc) is 2.83. The maximum atomic E-state index is 5.69. The van der Waals surface area contributed by atoms with Gasteiger partial charge in [0.05, 0.1) is 6.10 Å². The highest BCUT2D eigenvalue weighted by atomic mass is 32.1. The molecule has 2 nitrogen and oxygen atoms in total. The van der Waals surface area contributed by atoms with Crippen LogP contribution in [0.5, 0.6) is 0 Å². The molecule has 1 N–H and O–H groups in total. The molecule has 16 heavy (non-hydrogen) atoms. The molecule has 1 aromatic rings. The van der Waals surface area contributed by atoms with Crippen molar-refractivity contribution in [2.75, 3.05) is 6.61 Å². The molecule has 0 amide bonds. The summed E-state index contributed by atoms with van der Waals surface area (Å²) in [7, 11) is 0. The molecule has 0 bridgehead atoms. The van der Waals surface area contributed by atoms with E-state index in [4.69, 9.17) is 4.74 Å². The van der Waals surface area contributed by atoms with E-state index in [1.165, 1.54) is 4.88 Å². The van der Waals surface area contributed by atoms with E-state index >= 15 is 0 Å². The highest BCUT2D eigenvalue weighted by molar-refractivity contribution is 7.10. The quantitative estimate of drug-likeness (QED) is 0.870. The maximum Gasteiger partial charge on any atom is 0.0587 e. The molecule has 0 aliphatic carbocycles. The third kappa shape index (κ3) is 3.06. The lowest BCUT2D eigenvalue weighted by molar-refractivity contribution is -0.00159. The summed E-state index contributed by atoms with van der Waals surface area (Å²) in [6, 6.07) is 5.42. The van der Waals surface area contributed by atoms with Crippen molar-refractivity contribution >= 4 is 11.3 Å². The van der Waals surface area contributed by atoms with Gasteiger partial charge in [-0.3, -0.25) is 0 Å². The molecular formula is C13H21NOS. The second kappa shape index (κ2) is 5.80. The molecular weight excluding hydrogens is 218 g/mol. The van der Waals surface area contributed by atoms with Crippen LogP contribution in [0.1, 0.15) is 44.0 Å². The third-order valence-electron chi connectivity index (χ3n) is 3.28. The van der Waals surface area contributed by atoms with Gasteiger partial charge in [-0.05, 0) is 37.6 Å². The molecule has 1 aliphatic rings. The Hall–Kier alpha value is -0.380. The van der Waals surface area contributed by atoms with Gasteiger partial charge in [-0.1, -0.05) is 13.0 Å². The molecule has 1 aliphatic heterocycles. The van der Waals surface area contributed by atoms with E-state index in [-0.39, 0.29) is 0 Å². The molecule has 0 aromatic carbocycles. The normalized spacial score (nSPS) is 27.9. The first kappa shape index (κ1) is 12.1. The summed E-state index contributed by atoms with van der Waals surface area (Å²) in [6.07, 6.45) is 3.89. The van der Waals surface area contributed by atoms with Crippen LogP contribution in [-0.4, -0.2) is 18.8 Å². The monoisotopic (exact) mass is 239 g/mol. The van der Waals surface area contributed by atoms with Gasteiger partial charge in [0, 0.05) is 23.6 Å². The van der Waals surface area contributed by atoms with Gasteiger partial charge in [0.25, 0.3) is 0 Å². The smallest absolute Gasteiger partial charge is 0.0587 e. The van der Waals surface area contributed by atoms with Crippen molar-refractivity contribution in [1.82, 2.24) is 5.32 Å². The van der Waals surface area contributed by atoms with Gasteiger partial charge in [0.15, 0.2) is 0 Å². The highest BCUT2D eigenvalue weighted by Gasteiger charge is 2.22. The SMILES string of the molecule is CCC1CC(N[C@@H](C)c2cccs2)CCO1. The molecule has 1 aromatic heterocycles. The molecule has 90 valence electrons. The van der Waals surface area contributed by atoms with Crippen LogP contribution in [0.3, 0.4) is 0 Å². The Labute approximate surface area is 102 Å². The van der Waals surface area contributed by atoms with Crippen molar-refractivity contribution < 1.29 is 4.74 Å². The molecule has 2 heterocycles. The van der Waals surface area contributed by atoms with Gasteiger partial charge in [-0.15, -0.1) is 11.3 Å². The second-order valence-corrected chi connectivity index (χ2v) is 5.51. The van der Waals surface area contributed by atoms with E-state index in [1.54, 1.807) is 0 Å². The number of hydrogen-bond acceptors (Lipinski definition) is 3. The fourth-order valence-corrected chi connectivity index (χ4v) is 3.03. The first-order valence-corrected chi connectivity index (χ1v) is 7.08. The predicted molar refractivity (Wildman–Crippen MR) is 68.9 cm³/mol. The lowest BCUT2D eigenvalue weighted by Gasteiger charge is -2.31. The Morgan fingerprint density at radius 1 is 1.62 bits per heavy atom. The van der Waals surface area contributed by atoms with E-state index < -0.39 is 0 Å². The van der Waals surface area contributed by atoms with Gasteiger partial charge in [0.2, 0.25) is 0 Å². The van der Waals surface area contributed by atoms with Crippen molar-refractivity contribution in [3.05, 3.63) is 22.4 Å². The van der Waals surface area contributed by atoms with Crippen LogP contribution in [0.15, 0.2) is 17.5 Å². The van der Waals surface area contributed by atoms with Crippen LogP contribution in [-0.2, 0) is 4.74 Å². The van der Waals surface area contributed by atoms with Crippen molar-refractivity contribution in [2.45, 2.75) is 51.3 Å². The number of hydrogen-bond donors (Lipinski definition) is 1. The minimum Gasteiger partial charge on any atom is -0.378 e. The van der Waals surface area contributed by atoms with E-state index in [9.17, 15) is 0 Å². The highest BCUT2D eigenvalue weighted by Crippen LogP contribution is 2.22. The third-order valence-corrected chi connectivity index (χ3v) is 4.33. The molecule has 2 unspecified atom stereocenters. The second-order valence-electron chi connectivity index (χ2n) is 4.53. The fourth-order valence-electron chi connectivity index (χ4n) is 2.29. The van der Waals surface area contributed by atoms with Crippen LogP contribution >= 0.6 is 11.3 Å². The van der Waals surface area contributed by atoms with Crippen LogP contribution < -0.4 is 5.32 Å². The lowest BCUT2D eigenvalue weighted by Crippen LogP contribution is -2.39. The Bertz CT molecular complexity index is 299. The van der Waals surface area contributed by atoms with Crippen LogP contribution in [0.4, 0.5) is 0 Å². The molecule has 3 heteroatoms. The molecule has 0 saturated carbocycles. The molecule has 1 saturated heterocycles. The number of rotatable bonds is 4. The number of thiophene rings is 1. The summed E-state index contributed by atoms with van der Waals surface area (Å²) in [6.45, 7) is 5.37. The number of nitrogens with one attached hydrogen (secondary N) is 1. The number of ether oxygens (including phenoxy) is 1. The molecule has 3 atom stereocenters. The first-order valence-electron chi connectivity index (χ1n) is 6.20. The van der Waals surface area contributed by atoms with Gasteiger partial charge in [-0.2, -0.15) is 0 Å². The summed E-state index contributed by atoms with van der Waals surface area (Å²) in [5.41, 5.74) is 0.